The van der Waals surface area contributed by atoms with Crippen molar-refractivity contribution >= 4 is 24.1 Å². The number of nitrogens with one attached hydrogen (secondary N) is 2. The van der Waals surface area contributed by atoms with Crippen LogP contribution in [0.5, 0.6) is 0 Å². The predicted molar refractivity (Wildman–Crippen MR) is 85.3 cm³/mol. The zero-order valence-electron chi connectivity index (χ0n) is 14.1. The second kappa shape index (κ2) is 12.4. The maximum atomic E-state index is 11.4. The highest BCUT2D eigenvalue weighted by Gasteiger charge is 2.12. The fraction of sp³-hybridized carbons (Fsp3) is 0.467. The highest BCUT2D eigenvalue weighted by atomic mass is 16.6. The Morgan fingerprint density at radius 2 is 1.20 bits per heavy atom. The monoisotopic (exact) mass is 358 g/mol. The van der Waals surface area contributed by atoms with Gasteiger partial charge in [-0.25, -0.2) is 19.2 Å². The van der Waals surface area contributed by atoms with Crippen molar-refractivity contribution in [2.45, 2.75) is 26.1 Å². The number of carbonyl (C=O) groups is 4. The molecule has 0 bridgehead atoms. The first-order chi connectivity index (χ1) is 11.8. The van der Waals surface area contributed by atoms with Crippen LogP contribution in [-0.4, -0.2) is 56.2 Å². The summed E-state index contributed by atoms with van der Waals surface area (Å²) in [6.07, 6.45) is -0.954. The van der Waals surface area contributed by atoms with Crippen LogP contribution >= 0.6 is 0 Å². The van der Waals surface area contributed by atoms with Crippen LogP contribution in [0, 0.1) is 0 Å². The Morgan fingerprint density at radius 3 is 1.52 bits per heavy atom. The lowest BCUT2D eigenvalue weighted by Gasteiger charge is -2.14. The summed E-state index contributed by atoms with van der Waals surface area (Å²) in [4.78, 5) is 44.5. The number of amides is 2. The second-order valence-electron chi connectivity index (χ2n) is 4.63. The third-order valence-electron chi connectivity index (χ3n) is 2.33. The molecule has 0 saturated carbocycles. The number of hydrogen-bond donors (Lipinski definition) is 2. The third-order valence-corrected chi connectivity index (χ3v) is 2.33. The van der Waals surface area contributed by atoms with Crippen LogP contribution in [0.25, 0.3) is 0 Å². The molecule has 0 heterocycles. The molecule has 0 aliphatic heterocycles. The second-order valence-corrected chi connectivity index (χ2v) is 4.63. The summed E-state index contributed by atoms with van der Waals surface area (Å²) in [7, 11) is 0. The minimum absolute atomic E-state index is 0.165. The van der Waals surface area contributed by atoms with Crippen molar-refractivity contribution in [1.29, 1.82) is 0 Å². The van der Waals surface area contributed by atoms with Gasteiger partial charge in [0.1, 0.15) is 25.4 Å². The molecule has 0 rings (SSSR count). The molecule has 10 nitrogen and oxygen atoms in total. The SMILES string of the molecule is C=CC(=O)OC(C)COC(=O)NCNC(=O)OCC(C)OC(=O)C=C. The molecule has 0 aliphatic rings. The van der Waals surface area contributed by atoms with Gasteiger partial charge in [-0.2, -0.15) is 0 Å². The number of carbonyl (C=O) groups excluding carboxylic acids is 4. The van der Waals surface area contributed by atoms with Gasteiger partial charge in [0.15, 0.2) is 0 Å². The van der Waals surface area contributed by atoms with Crippen LogP contribution in [0.3, 0.4) is 0 Å². The Bertz CT molecular complexity index is 462. The Morgan fingerprint density at radius 1 is 0.840 bits per heavy atom. The van der Waals surface area contributed by atoms with Crippen LogP contribution in [0.4, 0.5) is 9.59 Å². The molecule has 2 N–H and O–H groups in total. The maximum absolute atomic E-state index is 11.4. The van der Waals surface area contributed by atoms with E-state index < -0.39 is 36.3 Å². The molecular weight excluding hydrogens is 336 g/mol. The molecule has 0 aliphatic carbocycles. The van der Waals surface area contributed by atoms with Gasteiger partial charge in [-0.1, -0.05) is 13.2 Å². The van der Waals surface area contributed by atoms with Gasteiger partial charge in [0.25, 0.3) is 0 Å². The van der Waals surface area contributed by atoms with Gasteiger partial charge in [0.2, 0.25) is 0 Å². The molecule has 2 unspecified atom stereocenters. The maximum Gasteiger partial charge on any atom is 0.408 e. The summed E-state index contributed by atoms with van der Waals surface area (Å²) >= 11 is 0. The van der Waals surface area contributed by atoms with Crippen molar-refractivity contribution in [1.82, 2.24) is 10.6 Å². The summed E-state index contributed by atoms with van der Waals surface area (Å²) < 4.78 is 19.1. The lowest BCUT2D eigenvalue weighted by atomic mass is 10.4. The van der Waals surface area contributed by atoms with E-state index in [1.165, 1.54) is 13.8 Å². The Labute approximate surface area is 145 Å². The number of hydrogen-bond acceptors (Lipinski definition) is 8. The molecule has 2 amide bonds. The molecule has 25 heavy (non-hydrogen) atoms. The van der Waals surface area contributed by atoms with E-state index in [0.717, 1.165) is 12.2 Å². The van der Waals surface area contributed by atoms with Crippen molar-refractivity contribution < 1.29 is 38.1 Å². The van der Waals surface area contributed by atoms with Gasteiger partial charge >= 0.3 is 24.1 Å². The average Bonchev–Trinajstić information content (AvgIpc) is 2.57. The Kier molecular flexibility index (Phi) is 10.9. The summed E-state index contributed by atoms with van der Waals surface area (Å²) in [6, 6.07) is 0. The van der Waals surface area contributed by atoms with Gasteiger partial charge < -0.3 is 29.6 Å². The van der Waals surface area contributed by atoms with Crippen LogP contribution in [-0.2, 0) is 28.5 Å². The van der Waals surface area contributed by atoms with E-state index in [2.05, 4.69) is 23.8 Å². The third kappa shape index (κ3) is 12.1. The number of rotatable bonds is 10. The normalized spacial score (nSPS) is 11.9. The van der Waals surface area contributed by atoms with Gasteiger partial charge in [0, 0.05) is 12.2 Å². The average molecular weight is 358 g/mol. The summed E-state index contributed by atoms with van der Waals surface area (Å²) in [6.45, 7) is 8.95. The lowest BCUT2D eigenvalue weighted by molar-refractivity contribution is -0.144. The van der Waals surface area contributed by atoms with Crippen molar-refractivity contribution in [3.05, 3.63) is 25.3 Å². The summed E-state index contributed by atoms with van der Waals surface area (Å²) in [5.74, 6) is -1.26. The highest BCUT2D eigenvalue weighted by Crippen LogP contribution is 1.95. The van der Waals surface area contributed by atoms with Gasteiger partial charge in [-0.3, -0.25) is 0 Å². The molecule has 0 aromatic heterocycles. The van der Waals surface area contributed by atoms with Crippen molar-refractivity contribution in [2.24, 2.45) is 0 Å². The van der Waals surface area contributed by atoms with Crippen LogP contribution < -0.4 is 10.6 Å². The largest absolute Gasteiger partial charge is 0.456 e. The summed E-state index contributed by atoms with van der Waals surface area (Å²) in [5, 5.41) is 4.47. The molecule has 0 spiro atoms. The molecule has 0 aromatic rings. The summed E-state index contributed by atoms with van der Waals surface area (Å²) in [5.41, 5.74) is 0. The molecular formula is C15H22N2O8. The van der Waals surface area contributed by atoms with Crippen molar-refractivity contribution in [3.63, 3.8) is 0 Å². The molecule has 10 heteroatoms. The van der Waals surface area contributed by atoms with E-state index in [-0.39, 0.29) is 19.9 Å². The standard InChI is InChI=1S/C15H22N2O8/c1-5-12(18)24-10(3)7-22-14(20)16-9-17-15(21)23-8-11(4)25-13(19)6-2/h5-6,10-11H,1-2,7-9H2,3-4H3,(H,16,20)(H,17,21). The Hall–Kier alpha value is -3.04. The highest BCUT2D eigenvalue weighted by molar-refractivity contribution is 5.81. The molecule has 140 valence electrons. The zero-order valence-corrected chi connectivity index (χ0v) is 14.1. The fourth-order valence-electron chi connectivity index (χ4n) is 1.24. The molecule has 0 radical (unpaired) electrons. The van der Waals surface area contributed by atoms with E-state index in [9.17, 15) is 19.2 Å². The van der Waals surface area contributed by atoms with Crippen LogP contribution in [0.2, 0.25) is 0 Å². The predicted octanol–water partition coefficient (Wildman–Crippen LogP) is 0.632. The van der Waals surface area contributed by atoms with Gasteiger partial charge in [-0.15, -0.1) is 0 Å². The first-order valence-corrected chi connectivity index (χ1v) is 7.25. The first kappa shape index (κ1) is 22.0. The van der Waals surface area contributed by atoms with E-state index in [0.29, 0.717) is 0 Å². The molecule has 2 atom stereocenters. The number of alkyl carbamates (subject to hydrolysis) is 2. The smallest absolute Gasteiger partial charge is 0.408 e. The minimum Gasteiger partial charge on any atom is -0.456 e. The minimum atomic E-state index is -0.824. The topological polar surface area (TPSA) is 129 Å². The quantitative estimate of drug-likeness (QED) is 0.252. The van der Waals surface area contributed by atoms with E-state index in [4.69, 9.17) is 18.9 Å². The molecule has 0 saturated heterocycles. The first-order valence-electron chi connectivity index (χ1n) is 7.25. The number of esters is 2. The van der Waals surface area contributed by atoms with Crippen molar-refractivity contribution in [3.8, 4) is 0 Å². The van der Waals surface area contributed by atoms with E-state index in [1.54, 1.807) is 0 Å². The van der Waals surface area contributed by atoms with Gasteiger partial charge in [0.05, 0.1) is 6.67 Å². The fourth-order valence-corrected chi connectivity index (χ4v) is 1.24. The molecule has 0 fully saturated rings. The van der Waals surface area contributed by atoms with Gasteiger partial charge in [-0.05, 0) is 13.8 Å². The molecule has 0 aromatic carbocycles. The van der Waals surface area contributed by atoms with E-state index >= 15 is 0 Å². The van der Waals surface area contributed by atoms with Crippen LogP contribution in [0.15, 0.2) is 25.3 Å². The lowest BCUT2D eigenvalue weighted by Crippen LogP contribution is -2.39. The van der Waals surface area contributed by atoms with Crippen LogP contribution in [0.1, 0.15) is 13.8 Å². The number of ether oxygens (including phenoxy) is 4. The van der Waals surface area contributed by atoms with E-state index in [1.807, 2.05) is 0 Å². The van der Waals surface area contributed by atoms with Crippen molar-refractivity contribution in [2.75, 3.05) is 19.9 Å². The zero-order chi connectivity index (χ0) is 19.2. The Balaban J connectivity index is 3.80.